The van der Waals surface area contributed by atoms with Crippen LogP contribution in [0.2, 0.25) is 0 Å². The molecule has 1 heterocycles. The first kappa shape index (κ1) is 13.8. The Kier molecular flexibility index (Phi) is 4.07. The summed E-state index contributed by atoms with van der Waals surface area (Å²) >= 11 is 0. The highest BCUT2D eigenvalue weighted by Gasteiger charge is 2.28. The van der Waals surface area contributed by atoms with Crippen LogP contribution in [0, 0.1) is 12.8 Å². The number of rotatable bonds is 3. The van der Waals surface area contributed by atoms with Gasteiger partial charge in [-0.15, -0.1) is 0 Å². The number of aromatic carboxylic acids is 1. The molecule has 1 aliphatic heterocycles. The SMILES string of the molecule is Cc1ccc(C(=O)O)c([C@H](N)C2CCOCC2)c1O. The first-order valence-corrected chi connectivity index (χ1v) is 6.41. The van der Waals surface area contributed by atoms with E-state index in [1.807, 2.05) is 0 Å². The minimum atomic E-state index is -1.06. The molecule has 5 nitrogen and oxygen atoms in total. The lowest BCUT2D eigenvalue weighted by atomic mass is 9.84. The molecule has 0 bridgehead atoms. The molecule has 2 rings (SSSR count). The summed E-state index contributed by atoms with van der Waals surface area (Å²) < 4.78 is 5.28. The van der Waals surface area contributed by atoms with Gasteiger partial charge in [-0.2, -0.15) is 0 Å². The van der Waals surface area contributed by atoms with Crippen molar-refractivity contribution in [2.75, 3.05) is 13.2 Å². The van der Waals surface area contributed by atoms with Crippen LogP contribution >= 0.6 is 0 Å². The summed E-state index contributed by atoms with van der Waals surface area (Å²) in [5.41, 5.74) is 7.27. The largest absolute Gasteiger partial charge is 0.507 e. The lowest BCUT2D eigenvalue weighted by Crippen LogP contribution is -2.29. The summed E-state index contributed by atoms with van der Waals surface area (Å²) in [6, 6.07) is 2.63. The average molecular weight is 265 g/mol. The van der Waals surface area contributed by atoms with Crippen molar-refractivity contribution in [1.29, 1.82) is 0 Å². The Bertz CT molecular complexity index is 481. The summed E-state index contributed by atoms with van der Waals surface area (Å²) in [6.07, 6.45) is 1.57. The maximum atomic E-state index is 11.3. The second-order valence-corrected chi connectivity index (χ2v) is 4.97. The van der Waals surface area contributed by atoms with Crippen LogP contribution in [0.25, 0.3) is 0 Å². The van der Waals surface area contributed by atoms with Gasteiger partial charge in [0.25, 0.3) is 0 Å². The van der Waals surface area contributed by atoms with Crippen molar-refractivity contribution >= 4 is 5.97 Å². The van der Waals surface area contributed by atoms with Crippen molar-refractivity contribution in [1.82, 2.24) is 0 Å². The van der Waals surface area contributed by atoms with Gasteiger partial charge in [0.15, 0.2) is 0 Å². The van der Waals surface area contributed by atoms with E-state index in [4.69, 9.17) is 10.5 Å². The molecule has 0 saturated carbocycles. The fourth-order valence-corrected chi connectivity index (χ4v) is 2.55. The average Bonchev–Trinajstić information content (AvgIpc) is 2.41. The van der Waals surface area contributed by atoms with Gasteiger partial charge in [0.05, 0.1) is 5.56 Å². The van der Waals surface area contributed by atoms with Crippen molar-refractivity contribution in [2.45, 2.75) is 25.8 Å². The van der Waals surface area contributed by atoms with Gasteiger partial charge < -0.3 is 20.7 Å². The zero-order valence-corrected chi connectivity index (χ0v) is 10.9. The normalized spacial score (nSPS) is 18.2. The summed E-state index contributed by atoms with van der Waals surface area (Å²) in [5, 5.41) is 19.4. The van der Waals surface area contributed by atoms with Gasteiger partial charge in [0.2, 0.25) is 0 Å². The number of carboxylic acids is 1. The molecule has 0 aliphatic carbocycles. The Morgan fingerprint density at radius 3 is 2.63 bits per heavy atom. The lowest BCUT2D eigenvalue weighted by molar-refractivity contribution is 0.0575. The number of phenols is 1. The topological polar surface area (TPSA) is 92.8 Å². The Balaban J connectivity index is 2.41. The van der Waals surface area contributed by atoms with Crippen molar-refractivity contribution in [3.05, 3.63) is 28.8 Å². The first-order chi connectivity index (χ1) is 9.02. The van der Waals surface area contributed by atoms with Crippen LogP contribution in [0.15, 0.2) is 12.1 Å². The van der Waals surface area contributed by atoms with E-state index >= 15 is 0 Å². The molecule has 0 amide bonds. The highest BCUT2D eigenvalue weighted by molar-refractivity contribution is 5.90. The van der Waals surface area contributed by atoms with Crippen molar-refractivity contribution in [3.8, 4) is 5.75 Å². The number of benzene rings is 1. The van der Waals surface area contributed by atoms with Gasteiger partial charge in [0.1, 0.15) is 5.75 Å². The summed E-state index contributed by atoms with van der Waals surface area (Å²) in [6.45, 7) is 3.00. The van der Waals surface area contributed by atoms with E-state index in [2.05, 4.69) is 0 Å². The van der Waals surface area contributed by atoms with Gasteiger partial charge in [0, 0.05) is 24.8 Å². The first-order valence-electron chi connectivity index (χ1n) is 6.41. The minimum absolute atomic E-state index is 0.00103. The van der Waals surface area contributed by atoms with Gasteiger partial charge in [-0.25, -0.2) is 4.79 Å². The molecule has 1 aliphatic rings. The Hall–Kier alpha value is -1.59. The second kappa shape index (κ2) is 5.59. The maximum Gasteiger partial charge on any atom is 0.336 e. The number of carboxylic acid groups (broad SMARTS) is 1. The van der Waals surface area contributed by atoms with Crippen molar-refractivity contribution in [3.63, 3.8) is 0 Å². The molecule has 104 valence electrons. The zero-order valence-electron chi connectivity index (χ0n) is 10.9. The molecular weight excluding hydrogens is 246 g/mol. The Morgan fingerprint density at radius 1 is 1.42 bits per heavy atom. The molecule has 1 saturated heterocycles. The summed E-state index contributed by atoms with van der Waals surface area (Å²) in [5.74, 6) is -0.925. The van der Waals surface area contributed by atoms with Gasteiger partial charge in [-0.05, 0) is 37.3 Å². The Morgan fingerprint density at radius 2 is 2.05 bits per heavy atom. The molecule has 4 N–H and O–H groups in total. The zero-order chi connectivity index (χ0) is 14.0. The fourth-order valence-electron chi connectivity index (χ4n) is 2.55. The van der Waals surface area contributed by atoms with Crippen molar-refractivity contribution < 1.29 is 19.7 Å². The molecule has 1 aromatic carbocycles. The molecule has 5 heteroatoms. The smallest absolute Gasteiger partial charge is 0.336 e. The molecule has 0 unspecified atom stereocenters. The van der Waals surface area contributed by atoms with E-state index in [-0.39, 0.29) is 17.2 Å². The number of ether oxygens (including phenoxy) is 1. The number of phenolic OH excluding ortho intramolecular Hbond substituents is 1. The minimum Gasteiger partial charge on any atom is -0.507 e. The highest BCUT2D eigenvalue weighted by atomic mass is 16.5. The highest BCUT2D eigenvalue weighted by Crippen LogP contribution is 2.36. The molecule has 0 aromatic heterocycles. The number of nitrogens with two attached hydrogens (primary N) is 1. The quantitative estimate of drug-likeness (QED) is 0.775. The van der Waals surface area contributed by atoms with E-state index in [0.29, 0.717) is 24.3 Å². The van der Waals surface area contributed by atoms with Crippen LogP contribution in [-0.2, 0) is 4.74 Å². The molecule has 19 heavy (non-hydrogen) atoms. The third kappa shape index (κ3) is 2.72. The predicted molar refractivity (Wildman–Crippen MR) is 70.3 cm³/mol. The molecular formula is C14H19NO4. The van der Waals surface area contributed by atoms with E-state index in [9.17, 15) is 15.0 Å². The third-order valence-corrected chi connectivity index (χ3v) is 3.76. The van der Waals surface area contributed by atoms with Gasteiger partial charge in [-0.1, -0.05) is 6.07 Å². The lowest BCUT2D eigenvalue weighted by Gasteiger charge is -2.29. The number of hydrogen-bond acceptors (Lipinski definition) is 4. The van der Waals surface area contributed by atoms with Crippen LogP contribution < -0.4 is 5.73 Å². The maximum absolute atomic E-state index is 11.3. The monoisotopic (exact) mass is 265 g/mol. The number of aryl methyl sites for hydroxylation is 1. The van der Waals surface area contributed by atoms with Crippen LogP contribution in [0.4, 0.5) is 0 Å². The molecule has 1 fully saturated rings. The number of aromatic hydroxyl groups is 1. The van der Waals surface area contributed by atoms with E-state index in [0.717, 1.165) is 12.8 Å². The van der Waals surface area contributed by atoms with Crippen LogP contribution in [-0.4, -0.2) is 29.4 Å². The number of carbonyl (C=O) groups is 1. The van der Waals surface area contributed by atoms with Gasteiger partial charge >= 0.3 is 5.97 Å². The number of hydrogen-bond donors (Lipinski definition) is 3. The Labute approximate surface area is 112 Å². The molecule has 0 radical (unpaired) electrons. The molecule has 1 aromatic rings. The van der Waals surface area contributed by atoms with E-state index in [1.54, 1.807) is 13.0 Å². The van der Waals surface area contributed by atoms with Crippen LogP contribution in [0.1, 0.15) is 40.4 Å². The van der Waals surface area contributed by atoms with Crippen molar-refractivity contribution in [2.24, 2.45) is 11.7 Å². The standard InChI is InChI=1S/C14H19NO4/c1-8-2-3-10(14(17)18)11(13(8)16)12(15)9-4-6-19-7-5-9/h2-3,9,12,16H,4-7,15H2,1H3,(H,17,18)/t12-/m1/s1. The van der Waals surface area contributed by atoms with Gasteiger partial charge in [-0.3, -0.25) is 0 Å². The second-order valence-electron chi connectivity index (χ2n) is 4.97. The predicted octanol–water partition coefficient (Wildman–Crippen LogP) is 1.83. The van der Waals surface area contributed by atoms with Crippen LogP contribution in [0.3, 0.4) is 0 Å². The van der Waals surface area contributed by atoms with E-state index in [1.165, 1.54) is 6.07 Å². The fraction of sp³-hybridized carbons (Fsp3) is 0.500. The molecule has 0 spiro atoms. The van der Waals surface area contributed by atoms with E-state index < -0.39 is 12.0 Å². The van der Waals surface area contributed by atoms with Crippen LogP contribution in [0.5, 0.6) is 5.75 Å². The summed E-state index contributed by atoms with van der Waals surface area (Å²) in [7, 11) is 0. The molecule has 1 atom stereocenters. The summed E-state index contributed by atoms with van der Waals surface area (Å²) in [4.78, 5) is 11.3. The third-order valence-electron chi connectivity index (χ3n) is 3.76.